The smallest absolute Gasteiger partial charge is 0.340 e. The van der Waals surface area contributed by atoms with Crippen molar-refractivity contribution in [1.29, 1.82) is 0 Å². The number of carbonyl (C=O) groups excluding carboxylic acids is 2. The van der Waals surface area contributed by atoms with E-state index in [0.717, 1.165) is 12.0 Å². The first kappa shape index (κ1) is 20.2. The molecule has 0 aliphatic rings. The van der Waals surface area contributed by atoms with E-state index in [4.69, 9.17) is 4.74 Å². The SMILES string of the molecule is CC.CCCNc1c(NC=O)cccc1C(=O)OCc1ccccc1. The number of carbonyl (C=O) groups is 2. The van der Waals surface area contributed by atoms with E-state index in [-0.39, 0.29) is 6.61 Å². The van der Waals surface area contributed by atoms with E-state index >= 15 is 0 Å². The molecule has 2 N–H and O–H groups in total. The van der Waals surface area contributed by atoms with E-state index in [1.165, 1.54) is 0 Å². The number of anilines is 2. The van der Waals surface area contributed by atoms with Crippen LogP contribution in [0.1, 0.15) is 43.1 Å². The van der Waals surface area contributed by atoms with Crippen molar-refractivity contribution in [2.45, 2.75) is 33.8 Å². The summed E-state index contributed by atoms with van der Waals surface area (Å²) in [4.78, 5) is 23.1. The number of nitrogens with one attached hydrogen (secondary N) is 2. The van der Waals surface area contributed by atoms with E-state index in [0.29, 0.717) is 29.9 Å². The molecule has 2 aromatic rings. The molecule has 0 atom stereocenters. The van der Waals surface area contributed by atoms with Gasteiger partial charge >= 0.3 is 5.97 Å². The number of amides is 1. The summed E-state index contributed by atoms with van der Waals surface area (Å²) in [5.74, 6) is -0.429. The highest BCUT2D eigenvalue weighted by Gasteiger charge is 2.16. The maximum Gasteiger partial charge on any atom is 0.340 e. The van der Waals surface area contributed by atoms with Gasteiger partial charge in [0, 0.05) is 6.54 Å². The second kappa shape index (κ2) is 11.7. The summed E-state index contributed by atoms with van der Waals surface area (Å²) in [5.41, 5.74) is 2.47. The summed E-state index contributed by atoms with van der Waals surface area (Å²) in [6, 6.07) is 14.6. The Kier molecular flexibility index (Phi) is 9.45. The summed E-state index contributed by atoms with van der Waals surface area (Å²) in [5, 5.41) is 5.78. The van der Waals surface area contributed by atoms with Crippen molar-refractivity contribution < 1.29 is 14.3 Å². The molecular weight excluding hydrogens is 316 g/mol. The Balaban J connectivity index is 0.00000151. The number of hydrogen-bond acceptors (Lipinski definition) is 4. The standard InChI is InChI=1S/C18H20N2O3.C2H6/c1-2-11-19-17-15(9-6-10-16(17)20-13-21)18(22)23-12-14-7-4-3-5-8-14;1-2/h3-10,13,19H,2,11-12H2,1H3,(H,20,21);1-2H3. The predicted molar refractivity (Wildman–Crippen MR) is 102 cm³/mol. The lowest BCUT2D eigenvalue weighted by atomic mass is 10.1. The number of benzene rings is 2. The molecule has 0 fully saturated rings. The number of para-hydroxylation sites is 1. The maximum absolute atomic E-state index is 12.4. The highest BCUT2D eigenvalue weighted by Crippen LogP contribution is 2.27. The molecular formula is C20H26N2O3. The molecule has 0 bridgehead atoms. The largest absolute Gasteiger partial charge is 0.457 e. The van der Waals surface area contributed by atoms with Crippen molar-refractivity contribution >= 4 is 23.8 Å². The Morgan fingerprint density at radius 2 is 1.80 bits per heavy atom. The van der Waals surface area contributed by atoms with Crippen LogP contribution in [0.5, 0.6) is 0 Å². The van der Waals surface area contributed by atoms with Gasteiger partial charge in [0.05, 0.1) is 16.9 Å². The van der Waals surface area contributed by atoms with Crippen LogP contribution in [0.3, 0.4) is 0 Å². The molecule has 0 unspecified atom stereocenters. The fraction of sp³-hybridized carbons (Fsp3) is 0.300. The molecule has 2 aromatic carbocycles. The van der Waals surface area contributed by atoms with Crippen molar-refractivity contribution in [3.05, 3.63) is 59.7 Å². The van der Waals surface area contributed by atoms with E-state index in [2.05, 4.69) is 10.6 Å². The zero-order valence-electron chi connectivity index (χ0n) is 15.0. The van der Waals surface area contributed by atoms with Crippen molar-refractivity contribution in [2.75, 3.05) is 17.2 Å². The lowest BCUT2D eigenvalue weighted by Gasteiger charge is -2.15. The molecule has 0 saturated heterocycles. The van der Waals surface area contributed by atoms with Gasteiger partial charge in [-0.15, -0.1) is 0 Å². The first-order valence-corrected chi connectivity index (χ1v) is 8.54. The highest BCUT2D eigenvalue weighted by molar-refractivity contribution is 6.00. The molecule has 5 heteroatoms. The van der Waals surface area contributed by atoms with Crippen LogP contribution >= 0.6 is 0 Å². The number of hydrogen-bond donors (Lipinski definition) is 2. The minimum atomic E-state index is -0.429. The van der Waals surface area contributed by atoms with Crippen molar-refractivity contribution in [1.82, 2.24) is 0 Å². The Labute approximate surface area is 149 Å². The topological polar surface area (TPSA) is 67.4 Å². The molecule has 0 radical (unpaired) electrons. The van der Waals surface area contributed by atoms with Crippen LogP contribution in [0, 0.1) is 0 Å². The molecule has 25 heavy (non-hydrogen) atoms. The molecule has 0 aromatic heterocycles. The molecule has 0 aliphatic heterocycles. The Bertz CT molecular complexity index is 657. The monoisotopic (exact) mass is 342 g/mol. The third-order valence-corrected chi connectivity index (χ3v) is 3.26. The molecule has 134 valence electrons. The first-order valence-electron chi connectivity index (χ1n) is 8.54. The Morgan fingerprint density at radius 1 is 1.08 bits per heavy atom. The van der Waals surface area contributed by atoms with Crippen LogP contribution in [0.2, 0.25) is 0 Å². The maximum atomic E-state index is 12.4. The molecule has 0 aliphatic carbocycles. The van der Waals surface area contributed by atoms with Gasteiger partial charge in [0.15, 0.2) is 0 Å². The van der Waals surface area contributed by atoms with Crippen LogP contribution in [0.4, 0.5) is 11.4 Å². The number of esters is 1. The molecule has 5 nitrogen and oxygen atoms in total. The zero-order chi connectivity index (χ0) is 18.5. The van der Waals surface area contributed by atoms with Gasteiger partial charge in [0.2, 0.25) is 6.41 Å². The quantitative estimate of drug-likeness (QED) is 0.549. The van der Waals surface area contributed by atoms with Gasteiger partial charge in [-0.05, 0) is 24.1 Å². The predicted octanol–water partition coefficient (Wildman–Crippen LogP) is 4.46. The lowest BCUT2D eigenvalue weighted by Crippen LogP contribution is -2.13. The van der Waals surface area contributed by atoms with Gasteiger partial charge in [0.25, 0.3) is 0 Å². The van der Waals surface area contributed by atoms with Crippen LogP contribution in [-0.4, -0.2) is 18.9 Å². The molecule has 0 heterocycles. The van der Waals surface area contributed by atoms with E-state index < -0.39 is 5.97 Å². The summed E-state index contributed by atoms with van der Waals surface area (Å²) >= 11 is 0. The zero-order valence-corrected chi connectivity index (χ0v) is 15.0. The fourth-order valence-corrected chi connectivity index (χ4v) is 2.15. The minimum absolute atomic E-state index is 0.207. The summed E-state index contributed by atoms with van der Waals surface area (Å²) < 4.78 is 5.37. The lowest BCUT2D eigenvalue weighted by molar-refractivity contribution is -0.105. The van der Waals surface area contributed by atoms with Crippen molar-refractivity contribution in [3.63, 3.8) is 0 Å². The van der Waals surface area contributed by atoms with E-state index in [1.54, 1.807) is 18.2 Å². The van der Waals surface area contributed by atoms with Gasteiger partial charge in [0.1, 0.15) is 6.61 Å². The van der Waals surface area contributed by atoms with Crippen LogP contribution < -0.4 is 10.6 Å². The van der Waals surface area contributed by atoms with Crippen LogP contribution in [-0.2, 0) is 16.1 Å². The number of rotatable bonds is 8. The van der Waals surface area contributed by atoms with Gasteiger partial charge in [-0.1, -0.05) is 57.2 Å². The van der Waals surface area contributed by atoms with Crippen molar-refractivity contribution in [3.8, 4) is 0 Å². The second-order valence-corrected chi connectivity index (χ2v) is 4.98. The van der Waals surface area contributed by atoms with Gasteiger partial charge in [-0.2, -0.15) is 0 Å². The summed E-state index contributed by atoms with van der Waals surface area (Å²) in [6.45, 7) is 6.92. The van der Waals surface area contributed by atoms with E-state index in [1.807, 2.05) is 51.1 Å². The number of ether oxygens (including phenoxy) is 1. The van der Waals surface area contributed by atoms with Crippen molar-refractivity contribution in [2.24, 2.45) is 0 Å². The fourth-order valence-electron chi connectivity index (χ4n) is 2.15. The third kappa shape index (κ3) is 6.30. The van der Waals surface area contributed by atoms with Gasteiger partial charge < -0.3 is 15.4 Å². The van der Waals surface area contributed by atoms with Crippen LogP contribution in [0.15, 0.2) is 48.5 Å². The summed E-state index contributed by atoms with van der Waals surface area (Å²) in [6.07, 6.45) is 1.49. The Hall–Kier alpha value is -2.82. The molecule has 2 rings (SSSR count). The van der Waals surface area contributed by atoms with E-state index in [9.17, 15) is 9.59 Å². The van der Waals surface area contributed by atoms with Crippen LogP contribution in [0.25, 0.3) is 0 Å². The van der Waals surface area contributed by atoms with Gasteiger partial charge in [-0.25, -0.2) is 4.79 Å². The van der Waals surface area contributed by atoms with Gasteiger partial charge in [-0.3, -0.25) is 4.79 Å². The highest BCUT2D eigenvalue weighted by atomic mass is 16.5. The Morgan fingerprint density at radius 3 is 2.44 bits per heavy atom. The molecule has 0 spiro atoms. The minimum Gasteiger partial charge on any atom is -0.457 e. The molecule has 0 saturated carbocycles. The first-order chi connectivity index (χ1) is 12.3. The second-order valence-electron chi connectivity index (χ2n) is 4.98. The average Bonchev–Trinajstić information content (AvgIpc) is 2.67. The summed E-state index contributed by atoms with van der Waals surface area (Å²) in [7, 11) is 0. The molecule has 1 amide bonds. The average molecular weight is 342 g/mol. The normalized spacial score (nSPS) is 9.40. The third-order valence-electron chi connectivity index (χ3n) is 3.26.